The van der Waals surface area contributed by atoms with Gasteiger partial charge in [-0.05, 0) is 43.5 Å². The Morgan fingerprint density at radius 1 is 1.31 bits per heavy atom. The molecule has 29 heavy (non-hydrogen) atoms. The molecule has 0 spiro atoms. The SMILES string of the molecule is CNC(=O)c1nc(COc2ccc(Cl)c3cccnc23)co1.OC1CCCC1O. The molecule has 3 N–H and O–H groups in total. The summed E-state index contributed by atoms with van der Waals surface area (Å²) in [7, 11) is 1.51. The summed E-state index contributed by atoms with van der Waals surface area (Å²) >= 11 is 6.13. The maximum atomic E-state index is 11.4. The number of ether oxygens (including phenoxy) is 1. The molecule has 1 saturated carbocycles. The van der Waals surface area contributed by atoms with Crippen molar-refractivity contribution < 1.29 is 24.2 Å². The Hall–Kier alpha value is -2.68. The molecular weight excluding hydrogens is 398 g/mol. The highest BCUT2D eigenvalue weighted by molar-refractivity contribution is 6.35. The van der Waals surface area contributed by atoms with Gasteiger partial charge in [0.15, 0.2) is 0 Å². The Morgan fingerprint density at radius 3 is 2.72 bits per heavy atom. The van der Waals surface area contributed by atoms with E-state index in [0.29, 0.717) is 22.0 Å². The van der Waals surface area contributed by atoms with E-state index >= 15 is 0 Å². The van der Waals surface area contributed by atoms with Gasteiger partial charge < -0.3 is 24.7 Å². The molecule has 0 bridgehead atoms. The fraction of sp³-hybridized carbons (Fsp3) is 0.350. The van der Waals surface area contributed by atoms with Crippen molar-refractivity contribution in [3.8, 4) is 5.75 Å². The minimum absolute atomic E-state index is 0.000175. The van der Waals surface area contributed by atoms with E-state index in [0.717, 1.165) is 24.6 Å². The molecule has 1 amide bonds. The molecule has 1 aliphatic rings. The summed E-state index contributed by atoms with van der Waals surface area (Å²) in [6.07, 6.45) is 4.73. The number of halogens is 1. The lowest BCUT2D eigenvalue weighted by Gasteiger charge is -2.08. The zero-order chi connectivity index (χ0) is 20.8. The Kier molecular flexibility index (Phi) is 7.03. The number of hydrogen-bond donors (Lipinski definition) is 3. The molecule has 0 saturated heterocycles. The van der Waals surface area contributed by atoms with Gasteiger partial charge in [-0.2, -0.15) is 0 Å². The summed E-state index contributed by atoms with van der Waals surface area (Å²) in [5, 5.41) is 21.4. The molecule has 2 atom stereocenters. The molecule has 8 nitrogen and oxygen atoms in total. The van der Waals surface area contributed by atoms with Crippen molar-refractivity contribution >= 4 is 28.4 Å². The van der Waals surface area contributed by atoms with Crippen molar-refractivity contribution in [1.29, 1.82) is 0 Å². The normalized spacial score (nSPS) is 18.2. The fourth-order valence-electron chi connectivity index (χ4n) is 2.89. The molecule has 3 aromatic rings. The molecule has 2 unspecified atom stereocenters. The number of fused-ring (bicyclic) bond motifs is 1. The van der Waals surface area contributed by atoms with E-state index in [9.17, 15) is 4.79 Å². The van der Waals surface area contributed by atoms with E-state index in [-0.39, 0.29) is 18.4 Å². The number of nitrogens with one attached hydrogen (secondary N) is 1. The van der Waals surface area contributed by atoms with Crippen LogP contribution < -0.4 is 10.1 Å². The van der Waals surface area contributed by atoms with Crippen molar-refractivity contribution in [2.24, 2.45) is 0 Å². The highest BCUT2D eigenvalue weighted by Gasteiger charge is 2.21. The second-order valence-corrected chi connectivity index (χ2v) is 6.93. The quantitative estimate of drug-likeness (QED) is 0.595. The summed E-state index contributed by atoms with van der Waals surface area (Å²) in [4.78, 5) is 19.7. The van der Waals surface area contributed by atoms with Crippen LogP contribution in [-0.4, -0.2) is 45.3 Å². The highest BCUT2D eigenvalue weighted by atomic mass is 35.5. The van der Waals surface area contributed by atoms with E-state index in [1.807, 2.05) is 12.1 Å². The molecule has 0 radical (unpaired) electrons. The number of carbonyl (C=O) groups excluding carboxylic acids is 1. The standard InChI is InChI=1S/C15H12ClN3O3.C5H10O2/c1-17-14(20)15-19-9(8-22-15)7-21-12-5-4-11(16)10-3-2-6-18-13(10)12;6-4-2-1-3-5(4)7/h2-6,8H,7H2,1H3,(H,17,20);4-7H,1-3H2. The van der Waals surface area contributed by atoms with E-state index < -0.39 is 12.2 Å². The highest BCUT2D eigenvalue weighted by Crippen LogP contribution is 2.30. The van der Waals surface area contributed by atoms with Crippen molar-refractivity contribution in [2.45, 2.75) is 38.1 Å². The third kappa shape index (κ3) is 5.23. The third-order valence-electron chi connectivity index (χ3n) is 4.47. The first-order chi connectivity index (χ1) is 14.0. The van der Waals surface area contributed by atoms with Gasteiger partial charge >= 0.3 is 5.91 Å². The van der Waals surface area contributed by atoms with Crippen molar-refractivity contribution in [3.05, 3.63) is 53.3 Å². The number of oxazole rings is 1. The van der Waals surface area contributed by atoms with Gasteiger partial charge in [0.2, 0.25) is 0 Å². The first-order valence-electron chi connectivity index (χ1n) is 9.18. The summed E-state index contributed by atoms with van der Waals surface area (Å²) in [6.45, 7) is 0.161. The summed E-state index contributed by atoms with van der Waals surface area (Å²) in [5.41, 5.74) is 1.18. The van der Waals surface area contributed by atoms with E-state index in [4.69, 9.17) is 31.0 Å². The smallest absolute Gasteiger partial charge is 0.306 e. The van der Waals surface area contributed by atoms with Crippen LogP contribution in [0.5, 0.6) is 5.75 Å². The van der Waals surface area contributed by atoms with Crippen molar-refractivity contribution in [1.82, 2.24) is 15.3 Å². The summed E-state index contributed by atoms with van der Waals surface area (Å²) in [6, 6.07) is 7.18. The lowest BCUT2D eigenvalue weighted by atomic mass is 10.2. The number of carbonyl (C=O) groups is 1. The molecule has 4 rings (SSSR count). The van der Waals surface area contributed by atoms with E-state index in [1.165, 1.54) is 13.3 Å². The minimum atomic E-state index is -0.431. The maximum absolute atomic E-state index is 11.4. The summed E-state index contributed by atoms with van der Waals surface area (Å²) < 4.78 is 10.8. The van der Waals surface area contributed by atoms with Crippen LogP contribution in [-0.2, 0) is 6.61 Å². The monoisotopic (exact) mass is 419 g/mol. The molecule has 2 aromatic heterocycles. The Morgan fingerprint density at radius 2 is 2.07 bits per heavy atom. The average molecular weight is 420 g/mol. The molecule has 154 valence electrons. The average Bonchev–Trinajstić information content (AvgIpc) is 3.37. The van der Waals surface area contributed by atoms with Crippen LogP contribution in [0.1, 0.15) is 35.6 Å². The van der Waals surface area contributed by atoms with Crippen LogP contribution in [0.25, 0.3) is 10.9 Å². The second kappa shape index (κ2) is 9.69. The van der Waals surface area contributed by atoms with Gasteiger partial charge in [-0.15, -0.1) is 0 Å². The number of aliphatic hydroxyl groups excluding tert-OH is 2. The number of hydrogen-bond acceptors (Lipinski definition) is 7. The summed E-state index contributed by atoms with van der Waals surface area (Å²) in [5.74, 6) is 0.203. The molecule has 2 heterocycles. The lowest BCUT2D eigenvalue weighted by molar-refractivity contribution is 0.0438. The number of pyridine rings is 1. The van der Waals surface area contributed by atoms with Gasteiger partial charge in [0, 0.05) is 18.6 Å². The van der Waals surface area contributed by atoms with Gasteiger partial charge in [0.05, 0.1) is 17.2 Å². The molecular formula is C20H22ClN3O5. The number of aliphatic hydroxyl groups is 2. The van der Waals surface area contributed by atoms with Gasteiger partial charge in [-0.25, -0.2) is 4.98 Å². The topological polar surface area (TPSA) is 118 Å². The van der Waals surface area contributed by atoms with Crippen LogP contribution in [0.15, 0.2) is 41.1 Å². The predicted molar refractivity (Wildman–Crippen MR) is 107 cm³/mol. The number of benzene rings is 1. The van der Waals surface area contributed by atoms with Gasteiger partial charge in [-0.3, -0.25) is 9.78 Å². The van der Waals surface area contributed by atoms with Crippen LogP contribution in [0.2, 0.25) is 5.02 Å². The first-order valence-corrected chi connectivity index (χ1v) is 9.56. The van der Waals surface area contributed by atoms with E-state index in [2.05, 4.69) is 15.3 Å². The lowest BCUT2D eigenvalue weighted by Crippen LogP contribution is -2.18. The molecule has 1 aromatic carbocycles. The number of aromatic nitrogens is 2. The van der Waals surface area contributed by atoms with Crippen molar-refractivity contribution in [3.63, 3.8) is 0 Å². The number of amides is 1. The molecule has 1 fully saturated rings. The molecule has 0 aliphatic heterocycles. The van der Waals surface area contributed by atoms with Gasteiger partial charge in [0.25, 0.3) is 5.89 Å². The maximum Gasteiger partial charge on any atom is 0.306 e. The van der Waals surface area contributed by atoms with Crippen LogP contribution in [0.4, 0.5) is 0 Å². The largest absolute Gasteiger partial charge is 0.485 e. The molecule has 1 aliphatic carbocycles. The van der Waals surface area contributed by atoms with Gasteiger partial charge in [-0.1, -0.05) is 11.6 Å². The van der Waals surface area contributed by atoms with E-state index in [1.54, 1.807) is 18.3 Å². The Labute approximate surface area is 172 Å². The predicted octanol–water partition coefficient (Wildman–Crippen LogP) is 2.71. The zero-order valence-corrected chi connectivity index (χ0v) is 16.6. The number of nitrogens with zero attached hydrogens (tertiary/aromatic N) is 2. The van der Waals surface area contributed by atoms with Crippen LogP contribution >= 0.6 is 11.6 Å². The third-order valence-corrected chi connectivity index (χ3v) is 4.80. The Bertz CT molecular complexity index is 970. The van der Waals surface area contributed by atoms with Gasteiger partial charge in [0.1, 0.15) is 29.8 Å². The minimum Gasteiger partial charge on any atom is -0.485 e. The fourth-order valence-corrected chi connectivity index (χ4v) is 3.10. The Balaban J connectivity index is 0.000000290. The zero-order valence-electron chi connectivity index (χ0n) is 15.8. The molecule has 9 heteroatoms. The van der Waals surface area contributed by atoms with Crippen molar-refractivity contribution in [2.75, 3.05) is 7.05 Å². The van der Waals surface area contributed by atoms with Crippen LogP contribution in [0.3, 0.4) is 0 Å². The first kappa shape index (κ1) is 21.0. The number of rotatable bonds is 4. The van der Waals surface area contributed by atoms with Crippen LogP contribution in [0, 0.1) is 0 Å². The second-order valence-electron chi connectivity index (χ2n) is 6.52.